The van der Waals surface area contributed by atoms with E-state index in [1.165, 1.54) is 18.3 Å². The molecule has 3 rings (SSSR count). The zero-order valence-electron chi connectivity index (χ0n) is 13.6. The van der Waals surface area contributed by atoms with E-state index in [0.717, 1.165) is 28.6 Å². The molecule has 0 aliphatic carbocycles. The molecule has 0 amide bonds. The molecule has 1 atom stereocenters. The molecular weight excluding hydrogens is 350 g/mol. The van der Waals surface area contributed by atoms with Gasteiger partial charge in [-0.25, -0.2) is 18.6 Å². The highest BCUT2D eigenvalue weighted by molar-refractivity contribution is 7.18. The predicted octanol–water partition coefficient (Wildman–Crippen LogP) is 3.80. The van der Waals surface area contributed by atoms with E-state index >= 15 is 0 Å². The molecule has 0 saturated heterocycles. The molecule has 0 radical (unpaired) electrons. The van der Waals surface area contributed by atoms with Gasteiger partial charge in [-0.3, -0.25) is 4.79 Å². The number of carbonyl (C=O) groups is 1. The number of aromatic nitrogens is 2. The molecule has 0 aliphatic heterocycles. The van der Waals surface area contributed by atoms with E-state index in [-0.39, 0.29) is 11.4 Å². The van der Waals surface area contributed by atoms with Crippen LogP contribution in [-0.4, -0.2) is 15.9 Å². The number of nitrogens with zero attached hydrogens (tertiary/aromatic N) is 1. The Morgan fingerprint density at radius 1 is 1.28 bits per heavy atom. The summed E-state index contributed by atoms with van der Waals surface area (Å²) in [5.41, 5.74) is -0.277. The Kier molecular flexibility index (Phi) is 4.38. The summed E-state index contributed by atoms with van der Waals surface area (Å²) in [6.45, 7) is 5.18. The lowest BCUT2D eigenvalue weighted by Crippen LogP contribution is -2.18. The lowest BCUT2D eigenvalue weighted by atomic mass is 10.2. The maximum absolute atomic E-state index is 13.7. The Bertz CT molecular complexity index is 1020. The molecule has 0 spiro atoms. The van der Waals surface area contributed by atoms with Crippen molar-refractivity contribution in [2.45, 2.75) is 26.9 Å². The van der Waals surface area contributed by atoms with Gasteiger partial charge < -0.3 is 9.72 Å². The molecule has 2 aromatic heterocycles. The van der Waals surface area contributed by atoms with Crippen molar-refractivity contribution in [3.8, 4) is 0 Å². The van der Waals surface area contributed by atoms with Crippen LogP contribution in [0.3, 0.4) is 0 Å². The van der Waals surface area contributed by atoms with Gasteiger partial charge >= 0.3 is 5.97 Å². The fraction of sp³-hybridized carbons (Fsp3) is 0.235. The molecule has 1 N–H and O–H groups in total. The first-order valence-electron chi connectivity index (χ1n) is 7.44. The van der Waals surface area contributed by atoms with Gasteiger partial charge in [0.05, 0.1) is 5.39 Å². The topological polar surface area (TPSA) is 72.0 Å². The maximum atomic E-state index is 13.7. The molecule has 25 heavy (non-hydrogen) atoms. The van der Waals surface area contributed by atoms with Crippen molar-refractivity contribution in [1.29, 1.82) is 0 Å². The van der Waals surface area contributed by atoms with Gasteiger partial charge in [0, 0.05) is 4.88 Å². The molecule has 0 bridgehead atoms. The van der Waals surface area contributed by atoms with Crippen molar-refractivity contribution in [3.63, 3.8) is 0 Å². The number of aryl methyl sites for hydroxylation is 2. The number of thiophene rings is 1. The first-order chi connectivity index (χ1) is 11.8. The number of rotatable bonds is 3. The third-order valence-electron chi connectivity index (χ3n) is 3.89. The molecule has 0 aliphatic rings. The number of aromatic amines is 1. The van der Waals surface area contributed by atoms with Gasteiger partial charge in [0.2, 0.25) is 0 Å². The van der Waals surface area contributed by atoms with Crippen LogP contribution >= 0.6 is 11.3 Å². The molecule has 3 aromatic rings. The molecule has 1 aromatic carbocycles. The number of carbonyl (C=O) groups excluding carboxylic acids is 1. The van der Waals surface area contributed by atoms with Crippen LogP contribution in [0.4, 0.5) is 8.78 Å². The summed E-state index contributed by atoms with van der Waals surface area (Å²) in [6, 6.07) is 3.08. The molecule has 1 unspecified atom stereocenters. The van der Waals surface area contributed by atoms with Gasteiger partial charge in [-0.15, -0.1) is 11.3 Å². The van der Waals surface area contributed by atoms with E-state index in [1.807, 2.05) is 13.8 Å². The Morgan fingerprint density at radius 2 is 1.92 bits per heavy atom. The number of nitrogens with one attached hydrogen (secondary N) is 1. The van der Waals surface area contributed by atoms with E-state index in [2.05, 4.69) is 9.97 Å². The maximum Gasteiger partial charge on any atom is 0.344 e. The Labute approximate surface area is 145 Å². The SMILES string of the molecule is Cc1sc2nc(C(C)OC(=O)c3c(F)cccc3F)[nH]c(=O)c2c1C. The summed E-state index contributed by atoms with van der Waals surface area (Å²) < 4.78 is 32.4. The fourth-order valence-corrected chi connectivity index (χ4v) is 3.47. The van der Waals surface area contributed by atoms with E-state index < -0.39 is 29.3 Å². The van der Waals surface area contributed by atoms with Crippen LogP contribution < -0.4 is 5.56 Å². The van der Waals surface area contributed by atoms with E-state index in [9.17, 15) is 18.4 Å². The van der Waals surface area contributed by atoms with Crippen molar-refractivity contribution >= 4 is 27.5 Å². The van der Waals surface area contributed by atoms with Gasteiger partial charge in [-0.1, -0.05) is 6.07 Å². The minimum atomic E-state index is -1.16. The largest absolute Gasteiger partial charge is 0.451 e. The van der Waals surface area contributed by atoms with Crippen LogP contribution in [0, 0.1) is 25.5 Å². The normalized spacial score (nSPS) is 12.4. The summed E-state index contributed by atoms with van der Waals surface area (Å²) in [5.74, 6) is -3.08. The number of hydrogen-bond donors (Lipinski definition) is 1. The van der Waals surface area contributed by atoms with Crippen LogP contribution in [0.1, 0.15) is 39.7 Å². The number of ether oxygens (including phenoxy) is 1. The summed E-state index contributed by atoms with van der Waals surface area (Å²) in [5, 5.41) is 0.491. The second kappa shape index (κ2) is 6.36. The Balaban J connectivity index is 1.94. The number of esters is 1. The van der Waals surface area contributed by atoms with Crippen LogP contribution in [0.2, 0.25) is 0 Å². The summed E-state index contributed by atoms with van der Waals surface area (Å²) in [7, 11) is 0. The summed E-state index contributed by atoms with van der Waals surface area (Å²) in [6.07, 6.45) is -0.980. The quantitative estimate of drug-likeness (QED) is 0.718. The van der Waals surface area contributed by atoms with Crippen molar-refractivity contribution in [1.82, 2.24) is 9.97 Å². The molecule has 2 heterocycles. The number of halogens is 2. The third kappa shape index (κ3) is 3.05. The van der Waals surface area contributed by atoms with Crippen LogP contribution in [0.5, 0.6) is 0 Å². The lowest BCUT2D eigenvalue weighted by molar-refractivity contribution is 0.0309. The summed E-state index contributed by atoms with van der Waals surface area (Å²) in [4.78, 5) is 32.7. The second-order valence-corrected chi connectivity index (χ2v) is 6.76. The van der Waals surface area contributed by atoms with Crippen LogP contribution in [0.25, 0.3) is 10.2 Å². The minimum absolute atomic E-state index is 0.115. The second-order valence-electron chi connectivity index (χ2n) is 5.56. The molecule has 130 valence electrons. The summed E-state index contributed by atoms with van der Waals surface area (Å²) >= 11 is 1.35. The minimum Gasteiger partial charge on any atom is -0.451 e. The molecule has 5 nitrogen and oxygen atoms in total. The molecule has 0 fully saturated rings. The van der Waals surface area contributed by atoms with Crippen LogP contribution in [0.15, 0.2) is 23.0 Å². The first kappa shape index (κ1) is 17.2. The average Bonchev–Trinajstić information content (AvgIpc) is 2.82. The zero-order chi connectivity index (χ0) is 18.3. The first-order valence-corrected chi connectivity index (χ1v) is 8.26. The molecule has 0 saturated carbocycles. The number of hydrogen-bond acceptors (Lipinski definition) is 5. The van der Waals surface area contributed by atoms with Crippen LogP contribution in [-0.2, 0) is 4.74 Å². The van der Waals surface area contributed by atoms with Gasteiger partial charge in [-0.2, -0.15) is 0 Å². The van der Waals surface area contributed by atoms with Gasteiger partial charge in [0.25, 0.3) is 5.56 Å². The van der Waals surface area contributed by atoms with E-state index in [4.69, 9.17) is 4.74 Å². The van der Waals surface area contributed by atoms with Gasteiger partial charge in [0.1, 0.15) is 22.0 Å². The van der Waals surface area contributed by atoms with Gasteiger partial charge in [-0.05, 0) is 38.5 Å². The molecule has 8 heteroatoms. The fourth-order valence-electron chi connectivity index (χ4n) is 2.43. The van der Waals surface area contributed by atoms with E-state index in [1.54, 1.807) is 0 Å². The van der Waals surface area contributed by atoms with Crippen molar-refractivity contribution < 1.29 is 18.3 Å². The monoisotopic (exact) mass is 364 g/mol. The smallest absolute Gasteiger partial charge is 0.344 e. The zero-order valence-corrected chi connectivity index (χ0v) is 14.5. The Morgan fingerprint density at radius 3 is 2.56 bits per heavy atom. The third-order valence-corrected chi connectivity index (χ3v) is 4.99. The lowest BCUT2D eigenvalue weighted by Gasteiger charge is -2.13. The van der Waals surface area contributed by atoms with Crippen molar-refractivity contribution in [2.24, 2.45) is 0 Å². The number of benzene rings is 1. The van der Waals surface area contributed by atoms with Gasteiger partial charge in [0.15, 0.2) is 11.9 Å². The number of fused-ring (bicyclic) bond motifs is 1. The standard InChI is InChI=1S/C17H14F2N2O3S/c1-7-9(3)25-16-12(7)15(22)20-14(21-16)8(2)24-17(23)13-10(18)5-4-6-11(13)19/h4-6,8H,1-3H3,(H,20,21,22). The predicted molar refractivity (Wildman–Crippen MR) is 89.9 cm³/mol. The molecular formula is C17H14F2N2O3S. The van der Waals surface area contributed by atoms with Crippen molar-refractivity contribution in [2.75, 3.05) is 0 Å². The number of H-pyrrole nitrogens is 1. The van der Waals surface area contributed by atoms with Crippen molar-refractivity contribution in [3.05, 3.63) is 62.0 Å². The Hall–Kier alpha value is -2.61. The highest BCUT2D eigenvalue weighted by Gasteiger charge is 2.23. The van der Waals surface area contributed by atoms with E-state index in [0.29, 0.717) is 10.2 Å². The average molecular weight is 364 g/mol. The highest BCUT2D eigenvalue weighted by Crippen LogP contribution is 2.27. The highest BCUT2D eigenvalue weighted by atomic mass is 32.1.